The molecular weight excluding hydrogens is 510 g/mol. The lowest BCUT2D eigenvalue weighted by atomic mass is 10.1. The summed E-state index contributed by atoms with van der Waals surface area (Å²) in [5.41, 5.74) is 1.17. The first-order valence-corrected chi connectivity index (χ1v) is 13.2. The molecule has 10 nitrogen and oxygen atoms in total. The number of rotatable bonds is 18. The van der Waals surface area contributed by atoms with E-state index in [0.717, 1.165) is 12.0 Å². The van der Waals surface area contributed by atoms with E-state index in [1.165, 1.54) is 14.0 Å². The van der Waals surface area contributed by atoms with Crippen molar-refractivity contribution in [3.63, 3.8) is 0 Å². The zero-order valence-electron chi connectivity index (χ0n) is 23.7. The molecule has 2 heterocycles. The summed E-state index contributed by atoms with van der Waals surface area (Å²) in [7, 11) is 3.02. The van der Waals surface area contributed by atoms with Gasteiger partial charge in [-0.1, -0.05) is 43.9 Å². The number of allylic oxidation sites excluding steroid dienone is 3. The number of hydrogen-bond acceptors (Lipinski definition) is 9. The van der Waals surface area contributed by atoms with Crippen molar-refractivity contribution in [3.05, 3.63) is 72.4 Å². The van der Waals surface area contributed by atoms with Crippen LogP contribution in [0.1, 0.15) is 44.2 Å². The summed E-state index contributed by atoms with van der Waals surface area (Å²) in [5.74, 6) is 1.26. The van der Waals surface area contributed by atoms with Gasteiger partial charge in [0.05, 0.1) is 14.2 Å². The maximum Gasteiger partial charge on any atom is 0.234 e. The molecule has 10 heteroatoms. The van der Waals surface area contributed by atoms with E-state index in [2.05, 4.69) is 52.3 Å². The highest BCUT2D eigenvalue weighted by atomic mass is 16.6. The van der Waals surface area contributed by atoms with Crippen LogP contribution < -0.4 is 29.6 Å². The molecule has 2 aromatic rings. The second-order valence-electron chi connectivity index (χ2n) is 8.62. The zero-order chi connectivity index (χ0) is 29.2. The van der Waals surface area contributed by atoms with Crippen LogP contribution in [0, 0.1) is 11.3 Å². The Morgan fingerprint density at radius 2 is 1.65 bits per heavy atom. The Kier molecular flexibility index (Phi) is 14.4. The van der Waals surface area contributed by atoms with Crippen molar-refractivity contribution in [3.8, 4) is 29.6 Å². The molecule has 0 fully saturated rings. The van der Waals surface area contributed by atoms with Crippen LogP contribution in [0.2, 0.25) is 0 Å². The van der Waals surface area contributed by atoms with Crippen LogP contribution in [-0.2, 0) is 11.3 Å². The van der Waals surface area contributed by atoms with Gasteiger partial charge in [0, 0.05) is 57.1 Å². The Labute approximate surface area is 236 Å². The van der Waals surface area contributed by atoms with Gasteiger partial charge in [-0.05, 0) is 18.6 Å². The fraction of sp³-hybridized carbons (Fsp3) is 0.400. The van der Waals surface area contributed by atoms with Crippen molar-refractivity contribution >= 4 is 5.91 Å². The second kappa shape index (κ2) is 18.0. The monoisotopic (exact) mass is 549 g/mol. The number of carbonyl (C=O) groups is 1. The summed E-state index contributed by atoms with van der Waals surface area (Å²) in [4.78, 5) is 20.0. The lowest BCUT2D eigenvalue weighted by molar-refractivity contribution is -0.118. The second-order valence-corrected chi connectivity index (χ2v) is 8.62. The zero-order valence-corrected chi connectivity index (χ0v) is 23.7. The van der Waals surface area contributed by atoms with Crippen LogP contribution in [-0.4, -0.2) is 55.4 Å². The third-order valence-corrected chi connectivity index (χ3v) is 5.62. The van der Waals surface area contributed by atoms with Crippen molar-refractivity contribution < 1.29 is 23.7 Å². The fourth-order valence-corrected chi connectivity index (χ4v) is 3.68. The number of methoxy groups -OCH3 is 2. The molecule has 0 spiro atoms. The molecule has 2 aromatic heterocycles. The van der Waals surface area contributed by atoms with Crippen molar-refractivity contribution in [1.82, 2.24) is 20.6 Å². The number of nitriles is 1. The van der Waals surface area contributed by atoms with E-state index >= 15 is 0 Å². The molecule has 2 N–H and O–H groups in total. The number of carbonyl (C=O) groups excluding carboxylic acids is 1. The summed E-state index contributed by atoms with van der Waals surface area (Å²) in [6, 6.07) is 9.00. The normalized spacial score (nSPS) is 12.5. The number of hydrogen-bond donors (Lipinski definition) is 2. The number of amides is 1. The molecule has 0 aliphatic heterocycles. The van der Waals surface area contributed by atoms with Crippen molar-refractivity contribution in [2.75, 3.05) is 27.3 Å². The quantitative estimate of drug-likeness (QED) is 0.159. The fourth-order valence-electron chi connectivity index (χ4n) is 3.68. The average Bonchev–Trinajstić information content (AvgIpc) is 2.96. The summed E-state index contributed by atoms with van der Waals surface area (Å²) < 4.78 is 23.5. The first-order valence-electron chi connectivity index (χ1n) is 13.2. The smallest absolute Gasteiger partial charge is 0.234 e. The standard InChI is InChI=1S/C30H39N5O5/c1-6-8-10-12-25(39-27-16-14-23(20-31)29(34-27)37-4)26(13-11-9-7-2)40-28-17-15-24(30(35-28)38-5)21-32-18-19-33-22(3)36/h6,8-11,14-17,25-26,32H,1,7,12-13,18-19,21H2,2-5H3,(H,33,36)/b10-8-,11-9-/t25?,26-/m1/s1. The van der Waals surface area contributed by atoms with Gasteiger partial charge in [-0.15, -0.1) is 0 Å². The van der Waals surface area contributed by atoms with Gasteiger partial charge in [0.25, 0.3) is 0 Å². The summed E-state index contributed by atoms with van der Waals surface area (Å²) in [5, 5.41) is 15.3. The van der Waals surface area contributed by atoms with Crippen molar-refractivity contribution in [2.24, 2.45) is 0 Å². The molecule has 40 heavy (non-hydrogen) atoms. The third kappa shape index (κ3) is 10.8. The Morgan fingerprint density at radius 1 is 1.00 bits per heavy atom. The molecule has 0 aliphatic carbocycles. The first-order chi connectivity index (χ1) is 19.4. The molecule has 1 amide bonds. The molecule has 2 rings (SSSR count). The minimum Gasteiger partial charge on any atom is -0.481 e. The predicted molar refractivity (Wildman–Crippen MR) is 154 cm³/mol. The van der Waals surface area contributed by atoms with Gasteiger partial charge in [-0.2, -0.15) is 15.2 Å². The molecule has 1 unspecified atom stereocenters. The van der Waals surface area contributed by atoms with Gasteiger partial charge in [-0.25, -0.2) is 0 Å². The molecule has 0 saturated carbocycles. The van der Waals surface area contributed by atoms with Gasteiger partial charge < -0.3 is 29.6 Å². The molecular formula is C30H39N5O5. The molecule has 2 atom stereocenters. The maximum absolute atomic E-state index is 11.0. The summed E-state index contributed by atoms with van der Waals surface area (Å²) >= 11 is 0. The molecule has 0 aliphatic rings. The van der Waals surface area contributed by atoms with Gasteiger partial charge in [0.15, 0.2) is 0 Å². The minimum absolute atomic E-state index is 0.0674. The number of nitrogens with zero attached hydrogens (tertiary/aromatic N) is 3. The predicted octanol–water partition coefficient (Wildman–Crippen LogP) is 4.27. The largest absolute Gasteiger partial charge is 0.481 e. The Balaban J connectivity index is 2.28. The van der Waals surface area contributed by atoms with Crippen LogP contribution in [0.5, 0.6) is 23.5 Å². The van der Waals surface area contributed by atoms with E-state index in [1.54, 1.807) is 31.4 Å². The van der Waals surface area contributed by atoms with Crippen LogP contribution in [0.25, 0.3) is 0 Å². The topological polar surface area (TPSA) is 128 Å². The molecule has 0 radical (unpaired) electrons. The SMILES string of the molecule is C=C/C=C\CC(Oc1ccc(C#N)c(OC)n1)[C@@H](C/C=C\CC)Oc1ccc(CNCCNC(C)=O)c(OC)n1. The highest BCUT2D eigenvalue weighted by Crippen LogP contribution is 2.26. The van der Waals surface area contributed by atoms with Crippen molar-refractivity contribution in [2.45, 2.75) is 51.9 Å². The van der Waals surface area contributed by atoms with Crippen LogP contribution in [0.4, 0.5) is 0 Å². The summed E-state index contributed by atoms with van der Waals surface area (Å²) in [6.07, 6.45) is 10.7. The number of pyridine rings is 2. The Bertz CT molecular complexity index is 1190. The minimum atomic E-state index is -0.453. The maximum atomic E-state index is 11.0. The third-order valence-electron chi connectivity index (χ3n) is 5.62. The molecule has 214 valence electrons. The Hall–Kier alpha value is -4.36. The van der Waals surface area contributed by atoms with Gasteiger partial charge in [-0.3, -0.25) is 4.79 Å². The van der Waals surface area contributed by atoms with Crippen molar-refractivity contribution in [1.29, 1.82) is 5.26 Å². The molecule has 0 aromatic carbocycles. The highest BCUT2D eigenvalue weighted by molar-refractivity contribution is 5.72. The van der Waals surface area contributed by atoms with E-state index in [4.69, 9.17) is 18.9 Å². The van der Waals surface area contributed by atoms with Gasteiger partial charge >= 0.3 is 0 Å². The van der Waals surface area contributed by atoms with E-state index in [-0.39, 0.29) is 11.8 Å². The molecule has 0 bridgehead atoms. The van der Waals surface area contributed by atoms with E-state index < -0.39 is 12.2 Å². The Morgan fingerprint density at radius 3 is 2.25 bits per heavy atom. The lowest BCUT2D eigenvalue weighted by Gasteiger charge is -2.27. The number of nitrogens with one attached hydrogen (secondary N) is 2. The van der Waals surface area contributed by atoms with E-state index in [0.29, 0.717) is 55.7 Å². The van der Waals surface area contributed by atoms with Crippen LogP contribution >= 0.6 is 0 Å². The van der Waals surface area contributed by atoms with E-state index in [9.17, 15) is 10.1 Å². The first kappa shape index (κ1) is 31.9. The molecule has 0 saturated heterocycles. The lowest BCUT2D eigenvalue weighted by Crippen LogP contribution is -2.36. The highest BCUT2D eigenvalue weighted by Gasteiger charge is 2.25. The average molecular weight is 550 g/mol. The van der Waals surface area contributed by atoms with Crippen LogP contribution in [0.3, 0.4) is 0 Å². The van der Waals surface area contributed by atoms with Gasteiger partial charge in [0.2, 0.25) is 29.4 Å². The van der Waals surface area contributed by atoms with E-state index in [1.807, 2.05) is 18.2 Å². The van der Waals surface area contributed by atoms with Gasteiger partial charge in [0.1, 0.15) is 23.8 Å². The van der Waals surface area contributed by atoms with Crippen LogP contribution in [0.15, 0.2) is 61.2 Å². The number of ether oxygens (including phenoxy) is 4. The number of aromatic nitrogens is 2. The summed E-state index contributed by atoms with van der Waals surface area (Å²) in [6.45, 7) is 8.95.